The number of hydrogen-bond acceptors (Lipinski definition) is 4. The Morgan fingerprint density at radius 3 is 2.24 bits per heavy atom. The zero-order chi connectivity index (χ0) is 12.4. The van der Waals surface area contributed by atoms with Crippen molar-refractivity contribution in [3.05, 3.63) is 29.8 Å². The van der Waals surface area contributed by atoms with Gasteiger partial charge in [-0.3, -0.25) is 0 Å². The Bertz CT molecular complexity index is 362. The van der Waals surface area contributed by atoms with Crippen molar-refractivity contribution in [2.75, 3.05) is 0 Å². The van der Waals surface area contributed by atoms with Crippen LogP contribution in [0.25, 0.3) is 0 Å². The molecule has 1 aromatic carbocycles. The van der Waals surface area contributed by atoms with Gasteiger partial charge in [0.25, 0.3) is 0 Å². The second kappa shape index (κ2) is 5.04. The van der Waals surface area contributed by atoms with Crippen molar-refractivity contribution in [2.24, 2.45) is 5.92 Å². The van der Waals surface area contributed by atoms with Crippen LogP contribution in [0.1, 0.15) is 18.4 Å². The zero-order valence-electron chi connectivity index (χ0n) is 9.53. The minimum Gasteiger partial charge on any atom is -0.508 e. The highest BCUT2D eigenvalue weighted by Crippen LogP contribution is 2.28. The first kappa shape index (κ1) is 12.4. The molecule has 1 aliphatic rings. The Morgan fingerprint density at radius 2 is 1.59 bits per heavy atom. The van der Waals surface area contributed by atoms with Crippen molar-refractivity contribution in [1.29, 1.82) is 0 Å². The predicted molar refractivity (Wildman–Crippen MR) is 62.6 cm³/mol. The molecule has 0 amide bonds. The summed E-state index contributed by atoms with van der Waals surface area (Å²) in [7, 11) is 0. The molecule has 3 unspecified atom stereocenters. The van der Waals surface area contributed by atoms with E-state index in [0.717, 1.165) is 5.56 Å². The van der Waals surface area contributed by atoms with Crippen LogP contribution in [0.15, 0.2) is 24.3 Å². The van der Waals surface area contributed by atoms with Gasteiger partial charge in [0.05, 0.1) is 12.2 Å². The van der Waals surface area contributed by atoms with E-state index in [0.29, 0.717) is 19.3 Å². The van der Waals surface area contributed by atoms with Crippen molar-refractivity contribution in [1.82, 2.24) is 0 Å². The highest BCUT2D eigenvalue weighted by Gasteiger charge is 2.36. The van der Waals surface area contributed by atoms with Crippen LogP contribution in [0.2, 0.25) is 0 Å². The van der Waals surface area contributed by atoms with Gasteiger partial charge in [-0.05, 0) is 42.9 Å². The van der Waals surface area contributed by atoms with Crippen LogP contribution in [-0.4, -0.2) is 38.7 Å². The van der Waals surface area contributed by atoms with Gasteiger partial charge in [-0.2, -0.15) is 0 Å². The summed E-state index contributed by atoms with van der Waals surface area (Å²) < 4.78 is 0. The Kier molecular flexibility index (Phi) is 3.66. The van der Waals surface area contributed by atoms with Gasteiger partial charge in [0.2, 0.25) is 0 Å². The summed E-state index contributed by atoms with van der Waals surface area (Å²) in [5.74, 6) is 0.173. The maximum absolute atomic E-state index is 9.86. The number of aliphatic hydroxyl groups excluding tert-OH is 3. The summed E-state index contributed by atoms with van der Waals surface area (Å²) in [4.78, 5) is 0. The molecule has 0 aromatic heterocycles. The molecule has 94 valence electrons. The first-order valence-electron chi connectivity index (χ1n) is 5.90. The van der Waals surface area contributed by atoms with E-state index in [-0.39, 0.29) is 11.7 Å². The van der Waals surface area contributed by atoms with E-state index in [1.54, 1.807) is 24.3 Å². The molecule has 4 heteroatoms. The number of phenols is 1. The molecule has 0 spiro atoms. The number of hydrogen-bond donors (Lipinski definition) is 4. The number of phenolic OH excluding ortho intramolecular Hbond substituents is 1. The topological polar surface area (TPSA) is 80.9 Å². The molecule has 1 aromatic rings. The smallest absolute Gasteiger partial charge is 0.115 e. The zero-order valence-corrected chi connectivity index (χ0v) is 9.53. The molecular weight excluding hydrogens is 220 g/mol. The highest BCUT2D eigenvalue weighted by atomic mass is 16.4. The van der Waals surface area contributed by atoms with Crippen molar-refractivity contribution in [3.8, 4) is 5.75 Å². The standard InChI is InChI=1S/C13H18O4/c14-10-4-1-8(2-5-10)7-9-3-6-11(15)13(17)12(9)16/h1-2,4-5,9,11-17H,3,6-7H2/t9-,11?,12?,13?/m1/s1. The maximum Gasteiger partial charge on any atom is 0.115 e. The van der Waals surface area contributed by atoms with Gasteiger partial charge >= 0.3 is 0 Å². The van der Waals surface area contributed by atoms with Crippen LogP contribution in [0, 0.1) is 5.92 Å². The first-order chi connectivity index (χ1) is 8.08. The van der Waals surface area contributed by atoms with Gasteiger partial charge in [-0.25, -0.2) is 0 Å². The lowest BCUT2D eigenvalue weighted by atomic mass is 9.79. The maximum atomic E-state index is 9.86. The molecular formula is C13H18O4. The van der Waals surface area contributed by atoms with Crippen LogP contribution in [0.5, 0.6) is 5.75 Å². The first-order valence-corrected chi connectivity index (χ1v) is 5.90. The summed E-state index contributed by atoms with van der Waals surface area (Å²) in [6, 6.07) is 6.82. The molecule has 4 N–H and O–H groups in total. The van der Waals surface area contributed by atoms with Crippen molar-refractivity contribution in [2.45, 2.75) is 37.6 Å². The lowest BCUT2D eigenvalue weighted by molar-refractivity contribution is -0.109. The average Bonchev–Trinajstić information content (AvgIpc) is 2.33. The summed E-state index contributed by atoms with van der Waals surface area (Å²) >= 11 is 0. The van der Waals surface area contributed by atoms with E-state index in [9.17, 15) is 15.3 Å². The fourth-order valence-electron chi connectivity index (χ4n) is 2.39. The van der Waals surface area contributed by atoms with Crippen LogP contribution in [-0.2, 0) is 6.42 Å². The number of rotatable bonds is 2. The molecule has 17 heavy (non-hydrogen) atoms. The third-order valence-electron chi connectivity index (χ3n) is 3.49. The van der Waals surface area contributed by atoms with Crippen LogP contribution in [0.4, 0.5) is 0 Å². The Morgan fingerprint density at radius 1 is 0.941 bits per heavy atom. The summed E-state index contributed by atoms with van der Waals surface area (Å²) in [6.45, 7) is 0. The van der Waals surface area contributed by atoms with E-state index < -0.39 is 18.3 Å². The molecule has 4 nitrogen and oxygen atoms in total. The molecule has 0 radical (unpaired) electrons. The highest BCUT2D eigenvalue weighted by molar-refractivity contribution is 5.26. The normalized spacial score (nSPS) is 33.6. The number of aromatic hydroxyl groups is 1. The van der Waals surface area contributed by atoms with Gasteiger partial charge in [-0.15, -0.1) is 0 Å². The molecule has 0 bridgehead atoms. The molecule has 1 aliphatic carbocycles. The second-order valence-electron chi connectivity index (χ2n) is 4.76. The van der Waals surface area contributed by atoms with Gasteiger partial charge in [0.1, 0.15) is 11.9 Å². The lowest BCUT2D eigenvalue weighted by Gasteiger charge is -2.35. The summed E-state index contributed by atoms with van der Waals surface area (Å²) in [6.07, 6.45) is -0.897. The van der Waals surface area contributed by atoms with E-state index in [1.165, 1.54) is 0 Å². The van der Waals surface area contributed by atoms with E-state index >= 15 is 0 Å². The van der Waals surface area contributed by atoms with Crippen LogP contribution < -0.4 is 0 Å². The average molecular weight is 238 g/mol. The Hall–Kier alpha value is -1.10. The van der Waals surface area contributed by atoms with Gasteiger partial charge in [-0.1, -0.05) is 12.1 Å². The minimum atomic E-state index is -1.05. The van der Waals surface area contributed by atoms with E-state index in [1.807, 2.05) is 0 Å². The lowest BCUT2D eigenvalue weighted by Crippen LogP contribution is -2.46. The van der Waals surface area contributed by atoms with Crippen LogP contribution in [0.3, 0.4) is 0 Å². The predicted octanol–water partition coefficient (Wildman–Crippen LogP) is 0.427. The Balaban J connectivity index is 2.01. The molecule has 2 rings (SSSR count). The number of benzene rings is 1. The van der Waals surface area contributed by atoms with Crippen LogP contribution >= 0.6 is 0 Å². The summed E-state index contributed by atoms with van der Waals surface area (Å²) in [5.41, 5.74) is 1.01. The van der Waals surface area contributed by atoms with Gasteiger partial charge in [0.15, 0.2) is 0 Å². The largest absolute Gasteiger partial charge is 0.508 e. The molecule has 1 fully saturated rings. The molecule has 1 saturated carbocycles. The molecule has 0 aliphatic heterocycles. The number of aliphatic hydroxyl groups is 3. The van der Waals surface area contributed by atoms with E-state index in [2.05, 4.69) is 0 Å². The molecule has 4 atom stereocenters. The third kappa shape index (κ3) is 2.77. The quantitative estimate of drug-likeness (QED) is 0.602. The van der Waals surface area contributed by atoms with Gasteiger partial charge in [0, 0.05) is 0 Å². The van der Waals surface area contributed by atoms with Crippen molar-refractivity contribution >= 4 is 0 Å². The fraction of sp³-hybridized carbons (Fsp3) is 0.538. The second-order valence-corrected chi connectivity index (χ2v) is 4.76. The fourth-order valence-corrected chi connectivity index (χ4v) is 2.39. The van der Waals surface area contributed by atoms with Crippen molar-refractivity contribution < 1.29 is 20.4 Å². The third-order valence-corrected chi connectivity index (χ3v) is 3.49. The monoisotopic (exact) mass is 238 g/mol. The SMILES string of the molecule is Oc1ccc(C[C@H]2CCC(O)C(O)C2O)cc1. The minimum absolute atomic E-state index is 0.0436. The molecule has 0 saturated heterocycles. The van der Waals surface area contributed by atoms with E-state index in [4.69, 9.17) is 5.11 Å². The summed E-state index contributed by atoms with van der Waals surface area (Å²) in [5, 5.41) is 38.1. The Labute approximate surface area is 100 Å². The van der Waals surface area contributed by atoms with Crippen molar-refractivity contribution in [3.63, 3.8) is 0 Å². The molecule has 0 heterocycles. The van der Waals surface area contributed by atoms with Gasteiger partial charge < -0.3 is 20.4 Å².